The number of benzene rings is 1. The van der Waals surface area contributed by atoms with Gasteiger partial charge in [0.2, 0.25) is 12.0 Å². The third kappa shape index (κ3) is 3.43. The third-order valence-corrected chi connectivity index (χ3v) is 2.30. The second-order valence-electron chi connectivity index (χ2n) is 3.68. The molecule has 102 valence electrons. The molecule has 2 rings (SSSR count). The van der Waals surface area contributed by atoms with Crippen LogP contribution in [0.1, 0.15) is 5.56 Å². The summed E-state index contributed by atoms with van der Waals surface area (Å²) in [6, 6.07) is 8.04. The van der Waals surface area contributed by atoms with Crippen LogP contribution in [0, 0.1) is 0 Å². The maximum atomic E-state index is 12.3. The largest absolute Gasteiger partial charge is 0.439 e. The van der Waals surface area contributed by atoms with Crippen molar-refractivity contribution in [1.29, 1.82) is 0 Å². The SMILES string of the molecule is O=C=Nc1ccc(Oc2ccc(C(F)(F)F)cn2)cc1. The fourth-order valence-electron chi connectivity index (χ4n) is 1.37. The number of rotatable bonds is 3. The van der Waals surface area contributed by atoms with Crippen LogP contribution in [0.5, 0.6) is 11.6 Å². The van der Waals surface area contributed by atoms with E-state index in [1.165, 1.54) is 30.3 Å². The van der Waals surface area contributed by atoms with Crippen molar-refractivity contribution >= 4 is 11.8 Å². The fraction of sp³-hybridized carbons (Fsp3) is 0.0769. The summed E-state index contributed by atoms with van der Waals surface area (Å²) in [5.41, 5.74) is -0.451. The molecule has 0 fully saturated rings. The average Bonchev–Trinajstić information content (AvgIpc) is 2.41. The van der Waals surface area contributed by atoms with Gasteiger partial charge in [0.05, 0.1) is 11.3 Å². The number of hydrogen-bond acceptors (Lipinski definition) is 4. The Morgan fingerprint density at radius 2 is 1.80 bits per heavy atom. The molecular weight excluding hydrogens is 273 g/mol. The van der Waals surface area contributed by atoms with Crippen LogP contribution in [0.4, 0.5) is 18.9 Å². The van der Waals surface area contributed by atoms with Gasteiger partial charge in [-0.25, -0.2) is 9.78 Å². The average molecular weight is 280 g/mol. The number of ether oxygens (including phenoxy) is 1. The maximum absolute atomic E-state index is 12.3. The number of aromatic nitrogens is 1. The van der Waals surface area contributed by atoms with E-state index in [1.54, 1.807) is 0 Å². The normalized spacial score (nSPS) is 10.8. The molecule has 0 spiro atoms. The molecule has 0 aliphatic heterocycles. The Labute approximate surface area is 111 Å². The van der Waals surface area contributed by atoms with E-state index >= 15 is 0 Å². The van der Waals surface area contributed by atoms with E-state index in [-0.39, 0.29) is 5.88 Å². The first-order chi connectivity index (χ1) is 9.49. The summed E-state index contributed by atoms with van der Waals surface area (Å²) in [5.74, 6) is 0.395. The summed E-state index contributed by atoms with van der Waals surface area (Å²) >= 11 is 0. The number of nitrogens with zero attached hydrogens (tertiary/aromatic N) is 2. The van der Waals surface area contributed by atoms with E-state index in [9.17, 15) is 18.0 Å². The highest BCUT2D eigenvalue weighted by Crippen LogP contribution is 2.30. The first-order valence-electron chi connectivity index (χ1n) is 5.38. The van der Waals surface area contributed by atoms with Crippen LogP contribution >= 0.6 is 0 Å². The van der Waals surface area contributed by atoms with Crippen molar-refractivity contribution < 1.29 is 22.7 Å². The molecule has 0 bridgehead atoms. The maximum Gasteiger partial charge on any atom is 0.417 e. The quantitative estimate of drug-likeness (QED) is 0.633. The molecule has 7 heteroatoms. The molecule has 0 amide bonds. The molecule has 1 heterocycles. The van der Waals surface area contributed by atoms with Gasteiger partial charge < -0.3 is 4.74 Å². The highest BCUT2D eigenvalue weighted by atomic mass is 19.4. The van der Waals surface area contributed by atoms with Crippen LogP contribution in [-0.2, 0) is 11.0 Å². The number of isocyanates is 1. The second kappa shape index (κ2) is 5.54. The number of aliphatic imine (C=N–C) groups is 1. The molecular formula is C13H7F3N2O2. The Hall–Kier alpha value is -2.66. The Morgan fingerprint density at radius 3 is 2.30 bits per heavy atom. The van der Waals surface area contributed by atoms with Crippen molar-refractivity contribution in [3.05, 3.63) is 48.2 Å². The van der Waals surface area contributed by atoms with Gasteiger partial charge in [-0.3, -0.25) is 0 Å². The van der Waals surface area contributed by atoms with E-state index in [4.69, 9.17) is 4.74 Å². The smallest absolute Gasteiger partial charge is 0.417 e. The Morgan fingerprint density at radius 1 is 1.10 bits per heavy atom. The lowest BCUT2D eigenvalue weighted by Gasteiger charge is -2.07. The molecule has 0 unspecified atom stereocenters. The van der Waals surface area contributed by atoms with Crippen molar-refractivity contribution in [3.8, 4) is 11.6 Å². The molecule has 0 saturated carbocycles. The van der Waals surface area contributed by atoms with Gasteiger partial charge in [0.15, 0.2) is 0 Å². The summed E-state index contributed by atoms with van der Waals surface area (Å²) in [6.07, 6.45) is -2.35. The monoisotopic (exact) mass is 280 g/mol. The second-order valence-corrected chi connectivity index (χ2v) is 3.68. The zero-order valence-electron chi connectivity index (χ0n) is 9.89. The predicted molar refractivity (Wildman–Crippen MR) is 63.5 cm³/mol. The molecule has 2 aromatic rings. The van der Waals surface area contributed by atoms with Gasteiger partial charge in [0, 0.05) is 12.3 Å². The topological polar surface area (TPSA) is 51.5 Å². The van der Waals surface area contributed by atoms with Crippen molar-refractivity contribution in [1.82, 2.24) is 4.98 Å². The zero-order valence-corrected chi connectivity index (χ0v) is 9.89. The summed E-state index contributed by atoms with van der Waals surface area (Å²) < 4.78 is 42.3. The van der Waals surface area contributed by atoms with Crippen molar-refractivity contribution in [2.45, 2.75) is 6.18 Å². The van der Waals surface area contributed by atoms with Gasteiger partial charge >= 0.3 is 6.18 Å². The first kappa shape index (κ1) is 13.8. The molecule has 0 saturated heterocycles. The van der Waals surface area contributed by atoms with Gasteiger partial charge in [-0.05, 0) is 30.3 Å². The van der Waals surface area contributed by atoms with E-state index in [2.05, 4.69) is 9.98 Å². The molecule has 0 atom stereocenters. The minimum Gasteiger partial charge on any atom is -0.439 e. The van der Waals surface area contributed by atoms with Crippen LogP contribution in [0.3, 0.4) is 0 Å². The Balaban J connectivity index is 2.12. The van der Waals surface area contributed by atoms with Crippen LogP contribution in [0.25, 0.3) is 0 Å². The van der Waals surface area contributed by atoms with Gasteiger partial charge in [0.1, 0.15) is 5.75 Å². The highest BCUT2D eigenvalue weighted by molar-refractivity contribution is 5.50. The molecule has 0 aliphatic carbocycles. The molecule has 1 aromatic heterocycles. The molecule has 0 radical (unpaired) electrons. The molecule has 0 N–H and O–H groups in total. The van der Waals surface area contributed by atoms with Gasteiger partial charge in [-0.15, -0.1) is 0 Å². The summed E-state index contributed by atoms with van der Waals surface area (Å²) in [7, 11) is 0. The van der Waals surface area contributed by atoms with E-state index in [0.29, 0.717) is 17.6 Å². The molecule has 0 aliphatic rings. The molecule has 20 heavy (non-hydrogen) atoms. The van der Waals surface area contributed by atoms with E-state index < -0.39 is 11.7 Å². The van der Waals surface area contributed by atoms with E-state index in [1.807, 2.05) is 0 Å². The number of halogens is 3. The number of carbonyl (C=O) groups excluding carboxylic acids is 1. The standard InChI is InChI=1S/C13H7F3N2O2/c14-13(15,16)9-1-6-12(17-7-9)20-11-4-2-10(3-5-11)18-8-19/h1-7H. The molecule has 1 aromatic carbocycles. The van der Waals surface area contributed by atoms with Crippen LogP contribution in [0.2, 0.25) is 0 Å². The van der Waals surface area contributed by atoms with Crippen LogP contribution < -0.4 is 4.74 Å². The number of pyridine rings is 1. The lowest BCUT2D eigenvalue weighted by molar-refractivity contribution is -0.137. The Bertz CT molecular complexity index is 630. The first-order valence-corrected chi connectivity index (χ1v) is 5.38. The van der Waals surface area contributed by atoms with Crippen LogP contribution in [-0.4, -0.2) is 11.1 Å². The van der Waals surface area contributed by atoms with Crippen molar-refractivity contribution in [2.75, 3.05) is 0 Å². The van der Waals surface area contributed by atoms with Crippen LogP contribution in [0.15, 0.2) is 47.6 Å². The minimum atomic E-state index is -4.43. The third-order valence-electron chi connectivity index (χ3n) is 2.30. The van der Waals surface area contributed by atoms with Gasteiger partial charge in [-0.2, -0.15) is 18.2 Å². The zero-order chi connectivity index (χ0) is 14.6. The van der Waals surface area contributed by atoms with Gasteiger partial charge in [0.25, 0.3) is 0 Å². The van der Waals surface area contributed by atoms with Gasteiger partial charge in [-0.1, -0.05) is 0 Å². The van der Waals surface area contributed by atoms with Crippen molar-refractivity contribution in [2.24, 2.45) is 4.99 Å². The highest BCUT2D eigenvalue weighted by Gasteiger charge is 2.30. The van der Waals surface area contributed by atoms with E-state index in [0.717, 1.165) is 12.1 Å². The summed E-state index contributed by atoms with van der Waals surface area (Å²) in [6.45, 7) is 0. The number of hydrogen-bond donors (Lipinski definition) is 0. The van der Waals surface area contributed by atoms with Crippen molar-refractivity contribution in [3.63, 3.8) is 0 Å². The predicted octanol–water partition coefficient (Wildman–Crippen LogP) is 3.86. The summed E-state index contributed by atoms with van der Waals surface area (Å²) in [5, 5.41) is 0. The fourth-order valence-corrected chi connectivity index (χ4v) is 1.37. The lowest BCUT2D eigenvalue weighted by Crippen LogP contribution is -2.05. The lowest BCUT2D eigenvalue weighted by atomic mass is 10.3. The minimum absolute atomic E-state index is 0.0321. The summed E-state index contributed by atoms with van der Waals surface area (Å²) in [4.78, 5) is 17.0. The molecule has 4 nitrogen and oxygen atoms in total. The Kier molecular flexibility index (Phi) is 3.81. The number of alkyl halides is 3.